The normalized spacial score (nSPS) is 10.9. The van der Waals surface area contributed by atoms with E-state index in [1.165, 1.54) is 6.20 Å². The summed E-state index contributed by atoms with van der Waals surface area (Å²) < 4.78 is 0. The van der Waals surface area contributed by atoms with Crippen LogP contribution in [0.15, 0.2) is 54.2 Å². The Balaban J connectivity index is 1.92. The predicted octanol–water partition coefficient (Wildman–Crippen LogP) is 4.14. The van der Waals surface area contributed by atoms with Gasteiger partial charge in [0, 0.05) is 23.5 Å². The van der Waals surface area contributed by atoms with Crippen LogP contribution in [-0.4, -0.2) is 12.5 Å². The molecule has 0 atom stereocenters. The Kier molecular flexibility index (Phi) is 6.62. The minimum atomic E-state index is -0.426. The molecule has 2 rings (SSSR count). The van der Waals surface area contributed by atoms with E-state index in [9.17, 15) is 10.1 Å². The molecule has 4 nitrogen and oxygen atoms in total. The van der Waals surface area contributed by atoms with Crippen molar-refractivity contribution in [2.45, 2.75) is 20.3 Å². The molecule has 0 fully saturated rings. The van der Waals surface area contributed by atoms with Gasteiger partial charge in [-0.3, -0.25) is 4.79 Å². The zero-order chi connectivity index (χ0) is 18.2. The summed E-state index contributed by atoms with van der Waals surface area (Å²) in [7, 11) is 0. The number of anilines is 1. The fourth-order valence-corrected chi connectivity index (χ4v) is 2.59. The summed E-state index contributed by atoms with van der Waals surface area (Å²) in [6.07, 6.45) is 2.19. The standard InChI is InChI=1S/C20H20ClN3O/c1-14-6-7-19(15(2)10-14)24-20(25)17(12-22)13-23-9-8-16-4-3-5-18(21)11-16/h3-7,10-11,13,23H,8-9H2,1-2H3,(H,24,25)/b17-13-. The van der Waals surface area contributed by atoms with E-state index >= 15 is 0 Å². The van der Waals surface area contributed by atoms with Crippen LogP contribution in [0.5, 0.6) is 0 Å². The summed E-state index contributed by atoms with van der Waals surface area (Å²) in [6.45, 7) is 4.51. The third-order valence-electron chi connectivity index (χ3n) is 3.69. The smallest absolute Gasteiger partial charge is 0.267 e. The van der Waals surface area contributed by atoms with Crippen LogP contribution < -0.4 is 10.6 Å². The van der Waals surface area contributed by atoms with Crippen LogP contribution in [0.3, 0.4) is 0 Å². The van der Waals surface area contributed by atoms with Gasteiger partial charge in [0.2, 0.25) is 0 Å². The molecule has 0 aliphatic carbocycles. The molecule has 0 aliphatic heterocycles. The lowest BCUT2D eigenvalue weighted by Gasteiger charge is -2.09. The number of hydrogen-bond donors (Lipinski definition) is 2. The number of amides is 1. The van der Waals surface area contributed by atoms with Crippen molar-refractivity contribution in [1.29, 1.82) is 5.26 Å². The topological polar surface area (TPSA) is 64.9 Å². The van der Waals surface area contributed by atoms with E-state index in [4.69, 9.17) is 11.6 Å². The molecule has 2 aromatic rings. The van der Waals surface area contributed by atoms with Gasteiger partial charge in [-0.1, -0.05) is 41.4 Å². The molecule has 2 N–H and O–H groups in total. The van der Waals surface area contributed by atoms with Gasteiger partial charge in [-0.05, 0) is 49.6 Å². The first-order valence-electron chi connectivity index (χ1n) is 7.96. The van der Waals surface area contributed by atoms with Gasteiger partial charge in [0.1, 0.15) is 11.6 Å². The Morgan fingerprint density at radius 1 is 1.24 bits per heavy atom. The van der Waals surface area contributed by atoms with Gasteiger partial charge in [-0.25, -0.2) is 0 Å². The summed E-state index contributed by atoms with van der Waals surface area (Å²) in [4.78, 5) is 12.2. The SMILES string of the molecule is Cc1ccc(NC(=O)/C(C#N)=C\NCCc2cccc(Cl)c2)c(C)c1. The van der Waals surface area contributed by atoms with Gasteiger partial charge in [0.25, 0.3) is 5.91 Å². The maximum Gasteiger partial charge on any atom is 0.267 e. The van der Waals surface area contributed by atoms with E-state index in [-0.39, 0.29) is 5.57 Å². The second-order valence-electron chi connectivity index (χ2n) is 5.78. The summed E-state index contributed by atoms with van der Waals surface area (Å²) in [5.41, 5.74) is 3.90. The van der Waals surface area contributed by atoms with Gasteiger partial charge in [-0.15, -0.1) is 0 Å². The Labute approximate surface area is 153 Å². The van der Waals surface area contributed by atoms with Crippen molar-refractivity contribution in [1.82, 2.24) is 5.32 Å². The molecule has 0 saturated carbocycles. The average molecular weight is 354 g/mol. The van der Waals surface area contributed by atoms with Crippen LogP contribution in [0.1, 0.15) is 16.7 Å². The maximum atomic E-state index is 12.2. The van der Waals surface area contributed by atoms with E-state index in [2.05, 4.69) is 10.6 Å². The Bertz CT molecular complexity index is 837. The molecule has 0 heterocycles. The third kappa shape index (κ3) is 5.66. The number of benzene rings is 2. The second-order valence-corrected chi connectivity index (χ2v) is 6.21. The van der Waals surface area contributed by atoms with E-state index in [0.717, 1.165) is 23.1 Å². The van der Waals surface area contributed by atoms with E-state index in [1.807, 2.05) is 62.4 Å². The number of nitrogens with one attached hydrogen (secondary N) is 2. The highest BCUT2D eigenvalue weighted by molar-refractivity contribution is 6.30. The van der Waals surface area contributed by atoms with Gasteiger partial charge in [0.05, 0.1) is 0 Å². The molecular formula is C20H20ClN3O. The lowest BCUT2D eigenvalue weighted by Crippen LogP contribution is -2.18. The lowest BCUT2D eigenvalue weighted by molar-refractivity contribution is -0.112. The van der Waals surface area contributed by atoms with Crippen molar-refractivity contribution in [3.8, 4) is 6.07 Å². The summed E-state index contributed by atoms with van der Waals surface area (Å²) in [5, 5.41) is 15.7. The number of carbonyl (C=O) groups is 1. The van der Waals surface area contributed by atoms with Crippen molar-refractivity contribution >= 4 is 23.2 Å². The maximum absolute atomic E-state index is 12.2. The molecule has 0 aliphatic rings. The van der Waals surface area contributed by atoms with Crippen LogP contribution in [0, 0.1) is 25.2 Å². The summed E-state index contributed by atoms with van der Waals surface area (Å²) in [5.74, 6) is -0.426. The molecule has 2 aromatic carbocycles. The first-order valence-corrected chi connectivity index (χ1v) is 8.34. The monoisotopic (exact) mass is 353 g/mol. The zero-order valence-corrected chi connectivity index (χ0v) is 15.0. The number of rotatable bonds is 6. The minimum absolute atomic E-state index is 0.0334. The number of carbonyl (C=O) groups excluding carboxylic acids is 1. The molecular weight excluding hydrogens is 334 g/mol. The predicted molar refractivity (Wildman–Crippen MR) is 101 cm³/mol. The highest BCUT2D eigenvalue weighted by Crippen LogP contribution is 2.16. The first kappa shape index (κ1) is 18.6. The van der Waals surface area contributed by atoms with E-state index in [1.54, 1.807) is 0 Å². The first-order chi connectivity index (χ1) is 12.0. The highest BCUT2D eigenvalue weighted by Gasteiger charge is 2.10. The molecule has 0 spiro atoms. The van der Waals surface area contributed by atoms with E-state index < -0.39 is 5.91 Å². The zero-order valence-electron chi connectivity index (χ0n) is 14.3. The summed E-state index contributed by atoms with van der Waals surface area (Å²) >= 11 is 5.94. The average Bonchev–Trinajstić information content (AvgIpc) is 2.57. The van der Waals surface area contributed by atoms with Crippen LogP contribution in [-0.2, 0) is 11.2 Å². The molecule has 0 bridgehead atoms. The van der Waals surface area contributed by atoms with Crippen LogP contribution in [0.2, 0.25) is 5.02 Å². The molecule has 0 unspecified atom stereocenters. The van der Waals surface area contributed by atoms with Crippen molar-refractivity contribution in [3.63, 3.8) is 0 Å². The molecule has 128 valence electrons. The molecule has 1 amide bonds. The number of nitriles is 1. The molecule has 0 saturated heterocycles. The van der Waals surface area contributed by atoms with Crippen molar-refractivity contribution < 1.29 is 4.79 Å². The summed E-state index contributed by atoms with van der Waals surface area (Å²) in [6, 6.07) is 15.3. The van der Waals surface area contributed by atoms with E-state index in [0.29, 0.717) is 17.3 Å². The Morgan fingerprint density at radius 2 is 2.04 bits per heavy atom. The third-order valence-corrected chi connectivity index (χ3v) is 3.92. The van der Waals surface area contributed by atoms with Gasteiger partial charge >= 0.3 is 0 Å². The Hall–Kier alpha value is -2.77. The fraction of sp³-hybridized carbons (Fsp3) is 0.200. The van der Waals surface area contributed by atoms with Crippen LogP contribution in [0.4, 0.5) is 5.69 Å². The van der Waals surface area contributed by atoms with Gasteiger partial charge < -0.3 is 10.6 Å². The van der Waals surface area contributed by atoms with Crippen LogP contribution >= 0.6 is 11.6 Å². The molecule has 25 heavy (non-hydrogen) atoms. The van der Waals surface area contributed by atoms with Crippen molar-refractivity contribution in [2.24, 2.45) is 0 Å². The number of halogens is 1. The minimum Gasteiger partial charge on any atom is -0.389 e. The van der Waals surface area contributed by atoms with Crippen molar-refractivity contribution in [2.75, 3.05) is 11.9 Å². The lowest BCUT2D eigenvalue weighted by atomic mass is 10.1. The number of hydrogen-bond acceptors (Lipinski definition) is 3. The molecule has 0 radical (unpaired) electrons. The second kappa shape index (κ2) is 8.91. The number of aryl methyl sites for hydroxylation is 2. The quantitative estimate of drug-likeness (QED) is 0.466. The fourth-order valence-electron chi connectivity index (χ4n) is 2.38. The molecule has 0 aromatic heterocycles. The molecule has 5 heteroatoms. The van der Waals surface area contributed by atoms with Crippen molar-refractivity contribution in [3.05, 3.63) is 76.0 Å². The van der Waals surface area contributed by atoms with Crippen LogP contribution in [0.25, 0.3) is 0 Å². The largest absolute Gasteiger partial charge is 0.389 e. The Morgan fingerprint density at radius 3 is 2.72 bits per heavy atom. The number of nitrogens with zero attached hydrogens (tertiary/aromatic N) is 1. The van der Waals surface area contributed by atoms with Gasteiger partial charge in [-0.2, -0.15) is 5.26 Å². The highest BCUT2D eigenvalue weighted by atomic mass is 35.5. The van der Waals surface area contributed by atoms with Gasteiger partial charge in [0.15, 0.2) is 0 Å².